The molecule has 0 aliphatic carbocycles. The maximum absolute atomic E-state index is 11.9. The lowest BCUT2D eigenvalue weighted by Crippen LogP contribution is -2.39. The van der Waals surface area contributed by atoms with Crippen molar-refractivity contribution in [3.63, 3.8) is 0 Å². The number of likely N-dealkylation sites (N-methyl/N-ethyl adjacent to an activating group) is 1. The Balaban J connectivity index is 0.00000242. The number of rotatable bonds is 7. The fraction of sp³-hybridized carbons (Fsp3) is 0.400. The van der Waals surface area contributed by atoms with E-state index in [2.05, 4.69) is 20.6 Å². The maximum Gasteiger partial charge on any atom is 0.226 e. The number of carbonyl (C=O) groups is 1. The van der Waals surface area contributed by atoms with Gasteiger partial charge in [0.05, 0.1) is 17.8 Å². The maximum atomic E-state index is 11.9. The summed E-state index contributed by atoms with van der Waals surface area (Å²) in [4.78, 5) is 20.6. The monoisotopic (exact) mass is 376 g/mol. The van der Waals surface area contributed by atoms with E-state index < -0.39 is 0 Å². The smallest absolute Gasteiger partial charge is 0.226 e. The Labute approximate surface area is 153 Å². The highest BCUT2D eigenvalue weighted by molar-refractivity contribution is 7.13. The van der Waals surface area contributed by atoms with Crippen molar-refractivity contribution in [1.82, 2.24) is 20.6 Å². The molecule has 0 radical (unpaired) electrons. The first kappa shape index (κ1) is 21.8. The van der Waals surface area contributed by atoms with Crippen LogP contribution < -0.4 is 10.6 Å². The first-order chi connectivity index (χ1) is 10.2. The molecule has 0 spiro atoms. The molecule has 2 aromatic rings. The number of nitrogens with zero attached hydrogens (tertiary/aromatic N) is 2. The van der Waals surface area contributed by atoms with Gasteiger partial charge in [0, 0.05) is 24.2 Å². The summed E-state index contributed by atoms with van der Waals surface area (Å²) < 4.78 is 0. The number of thiazole rings is 1. The van der Waals surface area contributed by atoms with Crippen LogP contribution in [0.4, 0.5) is 0 Å². The van der Waals surface area contributed by atoms with Crippen molar-refractivity contribution in [3.05, 3.63) is 35.5 Å². The molecule has 2 heterocycles. The predicted octanol–water partition coefficient (Wildman–Crippen LogP) is 2.71. The number of carbonyl (C=O) groups excluding carboxylic acids is 1. The van der Waals surface area contributed by atoms with Gasteiger partial charge in [-0.15, -0.1) is 36.2 Å². The number of nitrogens with one attached hydrogen (secondary N) is 2. The number of amides is 1. The molecule has 1 amide bonds. The summed E-state index contributed by atoms with van der Waals surface area (Å²) in [5.74, 6) is -0.00220. The third-order valence-corrected chi connectivity index (χ3v) is 3.85. The van der Waals surface area contributed by atoms with Gasteiger partial charge >= 0.3 is 0 Å². The minimum absolute atomic E-state index is 0. The zero-order valence-corrected chi connectivity index (χ0v) is 15.6. The van der Waals surface area contributed by atoms with Crippen molar-refractivity contribution in [2.75, 3.05) is 13.1 Å². The van der Waals surface area contributed by atoms with Crippen molar-refractivity contribution in [3.8, 4) is 10.7 Å². The van der Waals surface area contributed by atoms with Crippen LogP contribution in [0.25, 0.3) is 10.7 Å². The highest BCUT2D eigenvalue weighted by Gasteiger charge is 2.10. The van der Waals surface area contributed by atoms with Gasteiger partial charge in [0.25, 0.3) is 0 Å². The average Bonchev–Trinajstić information content (AvgIpc) is 2.95. The quantitative estimate of drug-likeness (QED) is 0.779. The van der Waals surface area contributed by atoms with Crippen LogP contribution in [0.2, 0.25) is 0 Å². The molecule has 0 bridgehead atoms. The number of hydrogen-bond donors (Lipinski definition) is 2. The van der Waals surface area contributed by atoms with Gasteiger partial charge in [-0.2, -0.15) is 0 Å². The highest BCUT2D eigenvalue weighted by atomic mass is 35.5. The second kappa shape index (κ2) is 11.3. The van der Waals surface area contributed by atoms with Gasteiger partial charge in [0.15, 0.2) is 0 Å². The largest absolute Gasteiger partial charge is 0.354 e. The molecule has 23 heavy (non-hydrogen) atoms. The average molecular weight is 377 g/mol. The third kappa shape index (κ3) is 7.26. The molecule has 2 aromatic heterocycles. The number of halogens is 2. The molecule has 0 saturated carbocycles. The molecule has 0 aliphatic rings. The molecule has 0 aromatic carbocycles. The summed E-state index contributed by atoms with van der Waals surface area (Å²) in [5.41, 5.74) is 1.63. The van der Waals surface area contributed by atoms with Crippen molar-refractivity contribution in [2.24, 2.45) is 0 Å². The molecule has 5 nitrogen and oxygen atoms in total. The molecule has 1 atom stereocenters. The van der Waals surface area contributed by atoms with E-state index in [-0.39, 0.29) is 36.8 Å². The first-order valence-electron chi connectivity index (χ1n) is 7.05. The molecule has 2 N–H and O–H groups in total. The molecule has 0 aliphatic heterocycles. The van der Waals surface area contributed by atoms with Crippen LogP contribution in [0, 0.1) is 0 Å². The Morgan fingerprint density at radius 2 is 2.13 bits per heavy atom. The Kier molecular flexibility index (Phi) is 10.7. The molecular formula is C15H22Cl2N4OS. The van der Waals surface area contributed by atoms with Crippen LogP contribution in [0.1, 0.15) is 19.5 Å². The lowest BCUT2D eigenvalue weighted by Gasteiger charge is -2.12. The van der Waals surface area contributed by atoms with Crippen molar-refractivity contribution in [1.29, 1.82) is 0 Å². The lowest BCUT2D eigenvalue weighted by molar-refractivity contribution is -0.120. The molecule has 8 heteroatoms. The Hall–Kier alpha value is -1.21. The highest BCUT2D eigenvalue weighted by Crippen LogP contribution is 2.21. The van der Waals surface area contributed by atoms with Crippen LogP contribution in [0.5, 0.6) is 0 Å². The van der Waals surface area contributed by atoms with Gasteiger partial charge in [-0.3, -0.25) is 9.78 Å². The predicted molar refractivity (Wildman–Crippen MR) is 99.7 cm³/mol. The fourth-order valence-corrected chi connectivity index (χ4v) is 2.70. The van der Waals surface area contributed by atoms with Crippen molar-refractivity contribution in [2.45, 2.75) is 26.3 Å². The lowest BCUT2D eigenvalue weighted by atomic mass is 10.3. The number of hydrogen-bond acceptors (Lipinski definition) is 5. The van der Waals surface area contributed by atoms with Gasteiger partial charge in [0.2, 0.25) is 5.91 Å². The third-order valence-electron chi connectivity index (χ3n) is 2.94. The minimum atomic E-state index is -0.00220. The second-order valence-electron chi connectivity index (χ2n) is 4.80. The van der Waals surface area contributed by atoms with Gasteiger partial charge in [-0.05, 0) is 25.6 Å². The number of pyridine rings is 1. The Morgan fingerprint density at radius 1 is 1.35 bits per heavy atom. The van der Waals surface area contributed by atoms with Crippen LogP contribution >= 0.6 is 36.2 Å². The van der Waals surface area contributed by atoms with Gasteiger partial charge in [0.1, 0.15) is 5.01 Å². The Bertz CT molecular complexity index is 580. The second-order valence-corrected chi connectivity index (χ2v) is 5.66. The Morgan fingerprint density at radius 3 is 2.78 bits per heavy atom. The molecule has 0 unspecified atom stereocenters. The molecule has 0 fully saturated rings. The fourth-order valence-electron chi connectivity index (χ4n) is 1.91. The molecule has 128 valence electrons. The molecular weight excluding hydrogens is 355 g/mol. The minimum Gasteiger partial charge on any atom is -0.354 e. The van der Waals surface area contributed by atoms with Crippen molar-refractivity contribution < 1.29 is 4.79 Å². The zero-order chi connectivity index (χ0) is 15.1. The summed E-state index contributed by atoms with van der Waals surface area (Å²) in [5, 5.41) is 8.93. The van der Waals surface area contributed by atoms with E-state index in [4.69, 9.17) is 0 Å². The van der Waals surface area contributed by atoms with E-state index in [1.54, 1.807) is 6.20 Å². The van der Waals surface area contributed by atoms with Crippen LogP contribution in [-0.2, 0) is 11.2 Å². The summed E-state index contributed by atoms with van der Waals surface area (Å²) in [6.45, 7) is 5.62. The van der Waals surface area contributed by atoms with Gasteiger partial charge < -0.3 is 10.6 Å². The first-order valence-corrected chi connectivity index (χ1v) is 7.93. The number of aromatic nitrogens is 2. The van der Waals surface area contributed by atoms with E-state index in [1.165, 1.54) is 11.3 Å². The SMILES string of the molecule is CCN[C@H](C)CNC(=O)Cc1csc(-c2ccccn2)n1.Cl.Cl. The van der Waals surface area contributed by atoms with E-state index in [1.807, 2.05) is 37.4 Å². The van der Waals surface area contributed by atoms with Crippen LogP contribution in [0.3, 0.4) is 0 Å². The summed E-state index contributed by atoms with van der Waals surface area (Å²) in [7, 11) is 0. The van der Waals surface area contributed by atoms with E-state index >= 15 is 0 Å². The van der Waals surface area contributed by atoms with Crippen LogP contribution in [0.15, 0.2) is 29.8 Å². The van der Waals surface area contributed by atoms with Crippen molar-refractivity contribution >= 4 is 42.1 Å². The molecule has 2 rings (SSSR count). The van der Waals surface area contributed by atoms with E-state index in [9.17, 15) is 4.79 Å². The van der Waals surface area contributed by atoms with E-state index in [0.29, 0.717) is 13.0 Å². The van der Waals surface area contributed by atoms with E-state index in [0.717, 1.165) is 22.9 Å². The zero-order valence-electron chi connectivity index (χ0n) is 13.1. The molecule has 0 saturated heterocycles. The van der Waals surface area contributed by atoms with Gasteiger partial charge in [-0.1, -0.05) is 13.0 Å². The van der Waals surface area contributed by atoms with Gasteiger partial charge in [-0.25, -0.2) is 4.98 Å². The normalized spacial score (nSPS) is 11.0. The standard InChI is InChI=1S/C15H20N4OS.2ClH/c1-3-16-11(2)9-18-14(20)8-12-10-21-15(19-12)13-6-4-5-7-17-13;;/h4-7,10-11,16H,3,8-9H2,1-2H3,(H,18,20);2*1H/t11-;;/m1../s1. The van der Waals surface area contributed by atoms with Crippen LogP contribution in [-0.4, -0.2) is 35.0 Å². The summed E-state index contributed by atoms with van der Waals surface area (Å²) in [6.07, 6.45) is 2.05. The summed E-state index contributed by atoms with van der Waals surface area (Å²) in [6, 6.07) is 5.99. The topological polar surface area (TPSA) is 66.9 Å². The summed E-state index contributed by atoms with van der Waals surface area (Å²) >= 11 is 1.51.